The average Bonchev–Trinajstić information content (AvgIpc) is 2.72. The Morgan fingerprint density at radius 3 is 2.50 bits per heavy atom. The van der Waals surface area contributed by atoms with Crippen LogP contribution in [0.2, 0.25) is 10.0 Å². The fourth-order valence-electron chi connectivity index (χ4n) is 2.34. The summed E-state index contributed by atoms with van der Waals surface area (Å²) in [5, 5.41) is 0.691. The molecule has 0 N–H and O–H groups in total. The summed E-state index contributed by atoms with van der Waals surface area (Å²) in [5.74, 6) is -1.20. The number of carbonyl (C=O) groups is 2. The predicted octanol–water partition coefficient (Wildman–Crippen LogP) is 4.97. The fourth-order valence-corrected chi connectivity index (χ4v) is 2.81. The number of hydrogen-bond acceptors (Lipinski definition) is 6. The molecule has 0 heterocycles. The number of esters is 2. The molecule has 2 aromatic carbocycles. The number of ether oxygens (including phenoxy) is 4. The molecular weight excluding hydrogens is 431 g/mol. The molecule has 0 saturated carbocycles. The van der Waals surface area contributed by atoms with E-state index in [1.165, 1.54) is 18.4 Å². The van der Waals surface area contributed by atoms with Gasteiger partial charge in [-0.2, -0.15) is 0 Å². The van der Waals surface area contributed by atoms with Crippen LogP contribution in [-0.2, 0) is 30.4 Å². The third kappa shape index (κ3) is 7.61. The number of carbonyl (C=O) groups excluding carboxylic acids is 2. The topological polar surface area (TPSA) is 71.1 Å². The SMILES string of the molecule is CCOC(=O)C(OC(=O)COc1ccc(Cl)cc1Cl)C(C)=COCc1ccccc1. The second-order valence-electron chi connectivity index (χ2n) is 6.14. The Morgan fingerprint density at radius 1 is 1.10 bits per heavy atom. The fraction of sp³-hybridized carbons (Fsp3) is 0.273. The monoisotopic (exact) mass is 452 g/mol. The molecule has 30 heavy (non-hydrogen) atoms. The Hall–Kier alpha value is -2.70. The van der Waals surface area contributed by atoms with E-state index in [4.69, 9.17) is 42.1 Å². The summed E-state index contributed by atoms with van der Waals surface area (Å²) in [4.78, 5) is 24.5. The van der Waals surface area contributed by atoms with E-state index >= 15 is 0 Å². The van der Waals surface area contributed by atoms with Crippen LogP contribution in [0.5, 0.6) is 5.75 Å². The Morgan fingerprint density at radius 2 is 1.83 bits per heavy atom. The normalized spacial score (nSPS) is 12.1. The van der Waals surface area contributed by atoms with Gasteiger partial charge in [-0.3, -0.25) is 0 Å². The smallest absolute Gasteiger partial charge is 0.351 e. The Kier molecular flexibility index (Phi) is 9.51. The van der Waals surface area contributed by atoms with Gasteiger partial charge in [0.25, 0.3) is 0 Å². The molecule has 2 aromatic rings. The first-order valence-electron chi connectivity index (χ1n) is 9.16. The van der Waals surface area contributed by atoms with Crippen LogP contribution in [0.1, 0.15) is 19.4 Å². The van der Waals surface area contributed by atoms with Crippen LogP contribution >= 0.6 is 23.2 Å². The van der Waals surface area contributed by atoms with E-state index in [0.29, 0.717) is 17.2 Å². The van der Waals surface area contributed by atoms with Gasteiger partial charge in [0, 0.05) is 10.6 Å². The zero-order valence-corrected chi connectivity index (χ0v) is 18.1. The van der Waals surface area contributed by atoms with Crippen LogP contribution in [0.15, 0.2) is 60.4 Å². The molecule has 1 unspecified atom stereocenters. The molecule has 0 fully saturated rings. The van der Waals surface area contributed by atoms with Crippen molar-refractivity contribution in [3.05, 3.63) is 76.0 Å². The lowest BCUT2D eigenvalue weighted by molar-refractivity contribution is -0.166. The maximum Gasteiger partial charge on any atom is 0.351 e. The molecule has 8 heteroatoms. The third-order valence-electron chi connectivity index (χ3n) is 3.77. The van der Waals surface area contributed by atoms with E-state index < -0.39 is 24.6 Å². The Labute approximate surface area is 185 Å². The quantitative estimate of drug-likeness (QED) is 0.374. The molecule has 0 radical (unpaired) electrons. The molecule has 1 atom stereocenters. The number of halogens is 2. The molecule has 0 aliphatic carbocycles. The molecule has 0 bridgehead atoms. The summed E-state index contributed by atoms with van der Waals surface area (Å²) in [7, 11) is 0. The van der Waals surface area contributed by atoms with Gasteiger partial charge < -0.3 is 18.9 Å². The van der Waals surface area contributed by atoms with Crippen LogP contribution in [-0.4, -0.2) is 31.3 Å². The van der Waals surface area contributed by atoms with Gasteiger partial charge in [0.2, 0.25) is 6.10 Å². The maximum absolute atomic E-state index is 12.2. The number of rotatable bonds is 10. The Bertz CT molecular complexity index is 882. The minimum Gasteiger partial charge on any atom is -0.496 e. The van der Waals surface area contributed by atoms with Crippen LogP contribution in [0, 0.1) is 0 Å². The lowest BCUT2D eigenvalue weighted by Gasteiger charge is -2.17. The van der Waals surface area contributed by atoms with Gasteiger partial charge >= 0.3 is 11.9 Å². The highest BCUT2D eigenvalue weighted by atomic mass is 35.5. The van der Waals surface area contributed by atoms with E-state index in [9.17, 15) is 9.59 Å². The van der Waals surface area contributed by atoms with Crippen molar-refractivity contribution in [1.29, 1.82) is 0 Å². The Balaban J connectivity index is 1.97. The van der Waals surface area contributed by atoms with Crippen molar-refractivity contribution in [2.45, 2.75) is 26.6 Å². The van der Waals surface area contributed by atoms with Crippen molar-refractivity contribution in [3.8, 4) is 5.75 Å². The lowest BCUT2D eigenvalue weighted by Crippen LogP contribution is -2.32. The minimum absolute atomic E-state index is 0.141. The number of benzene rings is 2. The number of hydrogen-bond donors (Lipinski definition) is 0. The van der Waals surface area contributed by atoms with Crippen molar-refractivity contribution in [2.75, 3.05) is 13.2 Å². The van der Waals surface area contributed by atoms with E-state index in [0.717, 1.165) is 5.56 Å². The lowest BCUT2D eigenvalue weighted by atomic mass is 10.2. The van der Waals surface area contributed by atoms with E-state index in [1.807, 2.05) is 30.3 Å². The standard InChI is InChI=1S/C22H22Cl2O6/c1-3-28-22(26)21(15(2)12-27-13-16-7-5-4-6-8-16)30-20(25)14-29-19-10-9-17(23)11-18(19)24/h4-12,21H,3,13-14H2,1-2H3. The third-order valence-corrected chi connectivity index (χ3v) is 4.30. The highest BCUT2D eigenvalue weighted by molar-refractivity contribution is 6.35. The summed E-state index contributed by atoms with van der Waals surface area (Å²) < 4.78 is 21.1. The first-order chi connectivity index (χ1) is 14.4. The molecule has 0 aliphatic heterocycles. The highest BCUT2D eigenvalue weighted by Gasteiger charge is 2.27. The maximum atomic E-state index is 12.2. The molecule has 6 nitrogen and oxygen atoms in total. The first kappa shape index (κ1) is 23.6. The predicted molar refractivity (Wildman–Crippen MR) is 113 cm³/mol. The van der Waals surface area contributed by atoms with Gasteiger partial charge in [0.1, 0.15) is 12.4 Å². The second kappa shape index (κ2) is 12.1. The molecule has 160 valence electrons. The zero-order valence-electron chi connectivity index (χ0n) is 16.6. The van der Waals surface area contributed by atoms with Crippen molar-refractivity contribution >= 4 is 35.1 Å². The molecule has 0 saturated heterocycles. The minimum atomic E-state index is -1.25. The van der Waals surface area contributed by atoms with Gasteiger partial charge in [0.05, 0.1) is 17.9 Å². The average molecular weight is 453 g/mol. The van der Waals surface area contributed by atoms with Crippen molar-refractivity contribution in [3.63, 3.8) is 0 Å². The van der Waals surface area contributed by atoms with Crippen LogP contribution < -0.4 is 4.74 Å². The zero-order chi connectivity index (χ0) is 21.9. The van der Waals surface area contributed by atoms with E-state index in [1.54, 1.807) is 19.9 Å². The van der Waals surface area contributed by atoms with Gasteiger partial charge in [0.15, 0.2) is 6.61 Å². The second-order valence-corrected chi connectivity index (χ2v) is 6.99. The van der Waals surface area contributed by atoms with Crippen LogP contribution in [0.25, 0.3) is 0 Å². The summed E-state index contributed by atoms with van der Waals surface area (Å²) in [6, 6.07) is 14.1. The first-order valence-corrected chi connectivity index (χ1v) is 9.92. The summed E-state index contributed by atoms with van der Waals surface area (Å²) in [6.07, 6.45) is 0.121. The molecule has 2 rings (SSSR count). The van der Waals surface area contributed by atoms with Gasteiger partial charge in [-0.25, -0.2) is 9.59 Å². The van der Waals surface area contributed by atoms with Crippen molar-refractivity contribution in [1.82, 2.24) is 0 Å². The molecule has 0 aliphatic rings. The molecule has 0 spiro atoms. The summed E-state index contributed by atoms with van der Waals surface area (Å²) in [6.45, 7) is 3.27. The van der Waals surface area contributed by atoms with E-state index in [2.05, 4.69) is 0 Å². The van der Waals surface area contributed by atoms with Crippen molar-refractivity contribution < 1.29 is 28.5 Å². The van der Waals surface area contributed by atoms with Crippen LogP contribution in [0.3, 0.4) is 0 Å². The highest BCUT2D eigenvalue weighted by Crippen LogP contribution is 2.27. The molecule has 0 aromatic heterocycles. The van der Waals surface area contributed by atoms with Crippen LogP contribution in [0.4, 0.5) is 0 Å². The van der Waals surface area contributed by atoms with Gasteiger partial charge in [-0.1, -0.05) is 53.5 Å². The molecule has 0 amide bonds. The summed E-state index contributed by atoms with van der Waals surface area (Å²) >= 11 is 11.8. The largest absolute Gasteiger partial charge is 0.496 e. The molecular formula is C22H22Cl2O6. The van der Waals surface area contributed by atoms with Gasteiger partial charge in [-0.15, -0.1) is 0 Å². The van der Waals surface area contributed by atoms with E-state index in [-0.39, 0.29) is 17.4 Å². The summed E-state index contributed by atoms with van der Waals surface area (Å²) in [5.41, 5.74) is 1.33. The van der Waals surface area contributed by atoms with Crippen molar-refractivity contribution in [2.24, 2.45) is 0 Å². The van der Waals surface area contributed by atoms with Gasteiger partial charge in [-0.05, 0) is 37.6 Å².